The van der Waals surface area contributed by atoms with Gasteiger partial charge < -0.3 is 15.3 Å². The van der Waals surface area contributed by atoms with Crippen molar-refractivity contribution in [3.05, 3.63) is 52.2 Å². The van der Waals surface area contributed by atoms with Gasteiger partial charge in [0.15, 0.2) is 5.11 Å². The summed E-state index contributed by atoms with van der Waals surface area (Å²) >= 11 is 5.59. The molecule has 2 atom stereocenters. The smallest absolute Gasteiger partial charge is 0.336 e. The van der Waals surface area contributed by atoms with Crippen molar-refractivity contribution in [2.24, 2.45) is 5.92 Å². The van der Waals surface area contributed by atoms with E-state index in [9.17, 15) is 15.2 Å². The number of imidazole rings is 1. The second-order valence-corrected chi connectivity index (χ2v) is 8.86. The van der Waals surface area contributed by atoms with E-state index < -0.39 is 0 Å². The summed E-state index contributed by atoms with van der Waals surface area (Å²) in [4.78, 5) is 19.8. The van der Waals surface area contributed by atoms with Crippen LogP contribution in [0.5, 0.6) is 5.88 Å². The fourth-order valence-electron chi connectivity index (χ4n) is 4.72. The highest BCUT2D eigenvalue weighted by molar-refractivity contribution is 7.80. The Morgan fingerprint density at radius 1 is 1.42 bits per heavy atom. The lowest BCUT2D eigenvalue weighted by Crippen LogP contribution is -2.44. The predicted molar refractivity (Wildman–Crippen MR) is 120 cm³/mol. The SMILES string of the molecule is CC(C)CNC(=S)N1C[C@@H]2C[C@H]1c1c(O)n(-c3ccc(C#N)c4ncccc34)c(=O)n12. The third kappa shape index (κ3) is 2.82. The third-order valence-electron chi connectivity index (χ3n) is 6.09. The molecule has 0 spiro atoms. The minimum absolute atomic E-state index is 0.0405. The minimum atomic E-state index is -0.282. The van der Waals surface area contributed by atoms with Gasteiger partial charge in [0.25, 0.3) is 0 Å². The topological polar surface area (TPSA) is 99.1 Å². The first-order valence-corrected chi connectivity index (χ1v) is 10.7. The Kier molecular flexibility index (Phi) is 4.48. The number of hydrogen-bond donors (Lipinski definition) is 2. The molecule has 0 unspecified atom stereocenters. The molecule has 2 aromatic heterocycles. The molecule has 2 aliphatic heterocycles. The first kappa shape index (κ1) is 19.6. The highest BCUT2D eigenvalue weighted by atomic mass is 32.1. The van der Waals surface area contributed by atoms with Crippen LogP contribution in [0.15, 0.2) is 35.3 Å². The minimum Gasteiger partial charge on any atom is -0.493 e. The average molecular weight is 435 g/mol. The van der Waals surface area contributed by atoms with E-state index in [-0.39, 0.29) is 23.7 Å². The van der Waals surface area contributed by atoms with Crippen molar-refractivity contribution in [2.75, 3.05) is 13.1 Å². The summed E-state index contributed by atoms with van der Waals surface area (Å²) in [6.07, 6.45) is 2.36. The molecule has 1 saturated heterocycles. The Hall–Kier alpha value is -3.38. The molecule has 5 rings (SSSR count). The number of aromatic nitrogens is 3. The molecule has 31 heavy (non-hydrogen) atoms. The van der Waals surface area contributed by atoms with Crippen LogP contribution in [0.4, 0.5) is 0 Å². The van der Waals surface area contributed by atoms with Crippen molar-refractivity contribution in [1.82, 2.24) is 24.3 Å². The summed E-state index contributed by atoms with van der Waals surface area (Å²) in [6, 6.07) is 8.82. The van der Waals surface area contributed by atoms with E-state index in [0.29, 0.717) is 45.4 Å². The number of fused-ring (bicyclic) bond motifs is 6. The van der Waals surface area contributed by atoms with Crippen molar-refractivity contribution < 1.29 is 5.11 Å². The normalized spacial score (nSPS) is 19.1. The summed E-state index contributed by atoms with van der Waals surface area (Å²) in [6.45, 7) is 5.65. The van der Waals surface area contributed by atoms with Crippen LogP contribution in [0.25, 0.3) is 16.6 Å². The lowest BCUT2D eigenvalue weighted by atomic mass is 10.1. The van der Waals surface area contributed by atoms with Gasteiger partial charge in [-0.25, -0.2) is 9.36 Å². The number of hydrogen-bond acceptors (Lipinski definition) is 5. The van der Waals surface area contributed by atoms with E-state index in [1.807, 2.05) is 0 Å². The van der Waals surface area contributed by atoms with Crippen LogP contribution < -0.4 is 11.0 Å². The van der Waals surface area contributed by atoms with Gasteiger partial charge in [0, 0.05) is 24.7 Å². The zero-order chi connectivity index (χ0) is 21.9. The maximum absolute atomic E-state index is 13.4. The van der Waals surface area contributed by atoms with Gasteiger partial charge in [-0.05, 0) is 48.8 Å². The fraction of sp³-hybridized carbons (Fsp3) is 0.364. The zero-order valence-corrected chi connectivity index (χ0v) is 18.1. The highest BCUT2D eigenvalue weighted by Gasteiger charge is 2.48. The summed E-state index contributed by atoms with van der Waals surface area (Å²) in [5.74, 6) is 0.382. The molecule has 3 aromatic rings. The molecule has 8 nitrogen and oxygen atoms in total. The van der Waals surface area contributed by atoms with Gasteiger partial charge in [-0.15, -0.1) is 0 Å². The van der Waals surface area contributed by atoms with Crippen LogP contribution in [-0.4, -0.2) is 42.3 Å². The van der Waals surface area contributed by atoms with Crippen molar-refractivity contribution in [2.45, 2.75) is 32.4 Å². The Labute approximate surface area is 184 Å². The molecule has 4 heterocycles. The Bertz CT molecular complexity index is 1320. The number of nitriles is 1. The van der Waals surface area contributed by atoms with E-state index in [2.05, 4.69) is 35.1 Å². The molecular formula is C22H22N6O2S. The van der Waals surface area contributed by atoms with Gasteiger partial charge in [-0.3, -0.25) is 9.55 Å². The number of benzene rings is 1. The summed E-state index contributed by atoms with van der Waals surface area (Å²) in [5.41, 5.74) is 1.75. The lowest BCUT2D eigenvalue weighted by Gasteiger charge is -2.30. The van der Waals surface area contributed by atoms with Crippen molar-refractivity contribution in [3.8, 4) is 17.6 Å². The lowest BCUT2D eigenvalue weighted by molar-refractivity contribution is 0.332. The Morgan fingerprint density at radius 2 is 2.23 bits per heavy atom. The summed E-state index contributed by atoms with van der Waals surface area (Å²) in [5, 5.41) is 25.2. The number of rotatable bonds is 3. The van der Waals surface area contributed by atoms with Gasteiger partial charge in [-0.1, -0.05) is 13.8 Å². The monoisotopic (exact) mass is 434 g/mol. The molecular weight excluding hydrogens is 412 g/mol. The molecule has 0 radical (unpaired) electrons. The van der Waals surface area contributed by atoms with Crippen LogP contribution in [0, 0.1) is 17.2 Å². The second-order valence-electron chi connectivity index (χ2n) is 8.48. The quantitative estimate of drug-likeness (QED) is 0.611. The van der Waals surface area contributed by atoms with Crippen LogP contribution in [0.3, 0.4) is 0 Å². The number of nitrogens with zero attached hydrogens (tertiary/aromatic N) is 5. The van der Waals surface area contributed by atoms with Crippen LogP contribution in [0.2, 0.25) is 0 Å². The van der Waals surface area contributed by atoms with Gasteiger partial charge in [-0.2, -0.15) is 5.26 Å². The van der Waals surface area contributed by atoms with Crippen molar-refractivity contribution in [3.63, 3.8) is 0 Å². The molecule has 0 amide bonds. The predicted octanol–water partition coefficient (Wildman–Crippen LogP) is 2.60. The zero-order valence-electron chi connectivity index (χ0n) is 17.2. The molecule has 1 fully saturated rings. The largest absolute Gasteiger partial charge is 0.493 e. The maximum Gasteiger partial charge on any atom is 0.336 e. The number of aromatic hydroxyl groups is 1. The number of pyridine rings is 1. The first-order chi connectivity index (χ1) is 14.9. The molecule has 2 bridgehead atoms. The molecule has 0 aliphatic carbocycles. The van der Waals surface area contributed by atoms with E-state index in [1.54, 1.807) is 35.0 Å². The number of nitrogens with one attached hydrogen (secondary N) is 1. The maximum atomic E-state index is 13.4. The Balaban J connectivity index is 1.61. The van der Waals surface area contributed by atoms with Gasteiger partial charge in [0.05, 0.1) is 28.9 Å². The molecule has 9 heteroatoms. The molecule has 2 N–H and O–H groups in total. The van der Waals surface area contributed by atoms with Gasteiger partial charge in [0.1, 0.15) is 11.8 Å². The van der Waals surface area contributed by atoms with Crippen molar-refractivity contribution in [1.29, 1.82) is 5.26 Å². The van der Waals surface area contributed by atoms with Gasteiger partial charge >= 0.3 is 5.69 Å². The highest BCUT2D eigenvalue weighted by Crippen LogP contribution is 2.48. The average Bonchev–Trinajstić information content (AvgIpc) is 3.43. The van der Waals surface area contributed by atoms with E-state index in [0.717, 1.165) is 13.0 Å². The molecule has 158 valence electrons. The molecule has 1 aromatic carbocycles. The third-order valence-corrected chi connectivity index (χ3v) is 6.47. The summed E-state index contributed by atoms with van der Waals surface area (Å²) < 4.78 is 3.02. The van der Waals surface area contributed by atoms with E-state index in [1.165, 1.54) is 4.57 Å². The van der Waals surface area contributed by atoms with Crippen molar-refractivity contribution >= 4 is 28.2 Å². The van der Waals surface area contributed by atoms with E-state index in [4.69, 9.17) is 12.2 Å². The van der Waals surface area contributed by atoms with Gasteiger partial charge in [0.2, 0.25) is 5.88 Å². The molecule has 0 saturated carbocycles. The second kappa shape index (κ2) is 7.10. The number of likely N-dealkylation sites (tertiary alicyclic amines) is 1. The fourth-order valence-corrected chi connectivity index (χ4v) is 5.01. The van der Waals surface area contributed by atoms with E-state index >= 15 is 0 Å². The summed E-state index contributed by atoms with van der Waals surface area (Å²) in [7, 11) is 0. The first-order valence-electron chi connectivity index (χ1n) is 10.3. The Morgan fingerprint density at radius 3 is 2.97 bits per heavy atom. The molecule has 2 aliphatic rings. The van der Waals surface area contributed by atoms with Crippen LogP contribution >= 0.6 is 12.2 Å². The van der Waals surface area contributed by atoms with Crippen LogP contribution in [0.1, 0.15) is 43.6 Å². The van der Waals surface area contributed by atoms with Crippen LogP contribution in [-0.2, 0) is 0 Å². The standard InChI is InChI=1S/C22H22N6O2S/c1-12(2)10-25-21(31)26-11-14-8-17(26)19-20(29)28(22(30)27(14)19)16-6-5-13(9-23)18-15(16)4-3-7-24-18/h3-7,12,14,17,29H,8,10-11H2,1-2H3,(H,25,31)/t14-,17-/m0/s1. The number of thiocarbonyl (C=S) groups is 1.